The molecule has 9 nitrogen and oxygen atoms in total. The van der Waals surface area contributed by atoms with E-state index in [1.54, 1.807) is 12.1 Å². The Kier molecular flexibility index (Phi) is 6.48. The lowest BCUT2D eigenvalue weighted by Crippen LogP contribution is -2.49. The molecule has 1 aromatic heterocycles. The molecule has 3 heterocycles. The summed E-state index contributed by atoms with van der Waals surface area (Å²) in [5.41, 5.74) is 2.74. The molecular formula is C24H26N6O3S. The molecule has 0 radical (unpaired) electrons. The lowest BCUT2D eigenvalue weighted by Gasteiger charge is -2.36. The fourth-order valence-corrected chi connectivity index (χ4v) is 5.34. The van der Waals surface area contributed by atoms with E-state index in [0.29, 0.717) is 31.9 Å². The van der Waals surface area contributed by atoms with Crippen LogP contribution in [0.4, 0.5) is 17.2 Å². The number of nitrogens with zero attached hydrogens (tertiary/aromatic N) is 6. The maximum Gasteiger partial charge on any atom is 0.269 e. The third kappa shape index (κ3) is 4.77. The summed E-state index contributed by atoms with van der Waals surface area (Å²) < 4.78 is 0. The van der Waals surface area contributed by atoms with Crippen LogP contribution in [0.25, 0.3) is 11.0 Å². The molecule has 2 aliphatic heterocycles. The number of piperazine rings is 1. The average Bonchev–Trinajstić information content (AvgIpc) is 3.42. The molecule has 2 saturated heterocycles. The minimum atomic E-state index is -0.396. The molecule has 10 heteroatoms. The number of aromatic nitrogens is 2. The van der Waals surface area contributed by atoms with Gasteiger partial charge in [-0.2, -0.15) is 0 Å². The average molecular weight is 479 g/mol. The predicted octanol–water partition coefficient (Wildman–Crippen LogP) is 3.58. The highest BCUT2D eigenvalue weighted by molar-refractivity contribution is 8.00. The predicted molar refractivity (Wildman–Crippen MR) is 134 cm³/mol. The number of carbonyl (C=O) groups excluding carboxylic acids is 1. The van der Waals surface area contributed by atoms with Crippen LogP contribution in [0.2, 0.25) is 0 Å². The summed E-state index contributed by atoms with van der Waals surface area (Å²) in [6.45, 7) is 4.59. The van der Waals surface area contributed by atoms with Crippen LogP contribution >= 0.6 is 11.8 Å². The minimum Gasteiger partial charge on any atom is -0.368 e. The molecule has 0 atom stereocenters. The summed E-state index contributed by atoms with van der Waals surface area (Å²) in [4.78, 5) is 39.5. The second-order valence-electron chi connectivity index (χ2n) is 8.47. The normalized spacial score (nSPS) is 16.3. The van der Waals surface area contributed by atoms with Gasteiger partial charge in [-0.15, -0.1) is 0 Å². The third-order valence-corrected chi connectivity index (χ3v) is 7.26. The highest BCUT2D eigenvalue weighted by Crippen LogP contribution is 2.31. The van der Waals surface area contributed by atoms with E-state index in [4.69, 9.17) is 9.97 Å². The monoisotopic (exact) mass is 478 g/mol. The maximum absolute atomic E-state index is 13.0. The number of anilines is 2. The van der Waals surface area contributed by atoms with Gasteiger partial charge in [0, 0.05) is 57.1 Å². The zero-order valence-corrected chi connectivity index (χ0v) is 19.6. The van der Waals surface area contributed by atoms with Crippen molar-refractivity contribution in [2.24, 2.45) is 0 Å². The third-order valence-electron chi connectivity index (χ3n) is 6.32. The number of nitro benzene ring substituents is 1. The molecule has 34 heavy (non-hydrogen) atoms. The summed E-state index contributed by atoms with van der Waals surface area (Å²) in [6.07, 6.45) is 2.30. The van der Waals surface area contributed by atoms with Crippen molar-refractivity contribution in [3.8, 4) is 0 Å². The molecule has 1 amide bonds. The molecule has 0 saturated carbocycles. The van der Waals surface area contributed by atoms with Crippen LogP contribution in [0.5, 0.6) is 0 Å². The number of hydrogen-bond acceptors (Lipinski definition) is 8. The Hall–Kier alpha value is -3.40. The quantitative estimate of drug-likeness (QED) is 0.301. The lowest BCUT2D eigenvalue weighted by atomic mass is 10.2. The Morgan fingerprint density at radius 1 is 0.882 bits per heavy atom. The smallest absolute Gasteiger partial charge is 0.269 e. The van der Waals surface area contributed by atoms with Crippen molar-refractivity contribution in [3.05, 3.63) is 58.6 Å². The second kappa shape index (κ2) is 9.84. The van der Waals surface area contributed by atoms with Gasteiger partial charge in [0.25, 0.3) is 5.69 Å². The molecular weight excluding hydrogens is 452 g/mol. The van der Waals surface area contributed by atoms with Gasteiger partial charge in [0.05, 0.1) is 21.7 Å². The van der Waals surface area contributed by atoms with Crippen molar-refractivity contribution < 1.29 is 9.72 Å². The van der Waals surface area contributed by atoms with Crippen molar-refractivity contribution in [1.82, 2.24) is 14.9 Å². The van der Waals surface area contributed by atoms with E-state index < -0.39 is 4.92 Å². The number of fused-ring (bicyclic) bond motifs is 1. The number of benzene rings is 2. The molecule has 0 bridgehead atoms. The van der Waals surface area contributed by atoms with Gasteiger partial charge in [0.2, 0.25) is 5.91 Å². The van der Waals surface area contributed by atoms with E-state index in [1.165, 1.54) is 23.9 Å². The standard InChI is InChI=1S/C24H26N6O3S/c31-22(28-15-13-27(14-16-28)18-7-9-19(10-8-18)30(32)33)17-34-24-23(29-11-3-4-12-29)25-20-5-1-2-6-21(20)26-24/h1-2,5-10H,3-4,11-17H2. The Labute approximate surface area is 201 Å². The topological polar surface area (TPSA) is 95.7 Å². The van der Waals surface area contributed by atoms with Crippen LogP contribution < -0.4 is 9.80 Å². The molecule has 3 aromatic rings. The first-order chi connectivity index (χ1) is 16.6. The van der Waals surface area contributed by atoms with Gasteiger partial charge >= 0.3 is 0 Å². The Morgan fingerprint density at radius 3 is 2.18 bits per heavy atom. The van der Waals surface area contributed by atoms with Crippen molar-refractivity contribution in [2.45, 2.75) is 17.9 Å². The van der Waals surface area contributed by atoms with Crippen LogP contribution in [0.15, 0.2) is 53.6 Å². The molecule has 0 N–H and O–H groups in total. The van der Waals surface area contributed by atoms with E-state index in [9.17, 15) is 14.9 Å². The summed E-state index contributed by atoms with van der Waals surface area (Å²) in [5.74, 6) is 1.30. The fraction of sp³-hybridized carbons (Fsp3) is 0.375. The van der Waals surface area contributed by atoms with Gasteiger partial charge < -0.3 is 14.7 Å². The first-order valence-electron chi connectivity index (χ1n) is 11.5. The van der Waals surface area contributed by atoms with Crippen LogP contribution in [0.1, 0.15) is 12.8 Å². The number of thioether (sulfide) groups is 1. The highest BCUT2D eigenvalue weighted by Gasteiger charge is 2.24. The van der Waals surface area contributed by atoms with Crippen molar-refractivity contribution in [1.29, 1.82) is 0 Å². The van der Waals surface area contributed by atoms with Crippen molar-refractivity contribution in [2.75, 3.05) is 54.8 Å². The van der Waals surface area contributed by atoms with Gasteiger partial charge in [-0.1, -0.05) is 23.9 Å². The van der Waals surface area contributed by atoms with E-state index in [-0.39, 0.29) is 11.6 Å². The molecule has 0 unspecified atom stereocenters. The molecule has 176 valence electrons. The molecule has 5 rings (SSSR count). The maximum atomic E-state index is 13.0. The van der Waals surface area contributed by atoms with Gasteiger partial charge in [0.15, 0.2) is 5.82 Å². The van der Waals surface area contributed by atoms with Gasteiger partial charge in [-0.05, 0) is 37.1 Å². The van der Waals surface area contributed by atoms with E-state index >= 15 is 0 Å². The van der Waals surface area contributed by atoms with Gasteiger partial charge in [-0.25, -0.2) is 9.97 Å². The summed E-state index contributed by atoms with van der Waals surface area (Å²) in [5, 5.41) is 11.7. The number of nitro groups is 1. The van der Waals surface area contributed by atoms with E-state index in [0.717, 1.165) is 53.5 Å². The van der Waals surface area contributed by atoms with Gasteiger partial charge in [0.1, 0.15) is 5.03 Å². The van der Waals surface area contributed by atoms with Crippen LogP contribution in [0, 0.1) is 10.1 Å². The Bertz CT molecular complexity index is 1190. The number of rotatable bonds is 6. The number of para-hydroxylation sites is 2. The van der Waals surface area contributed by atoms with Gasteiger partial charge in [-0.3, -0.25) is 14.9 Å². The molecule has 0 aliphatic carbocycles. The van der Waals surface area contributed by atoms with Crippen LogP contribution in [-0.4, -0.2) is 70.7 Å². The molecule has 2 aliphatic rings. The summed E-state index contributed by atoms with van der Waals surface area (Å²) in [7, 11) is 0. The first-order valence-corrected chi connectivity index (χ1v) is 12.5. The number of non-ortho nitro benzene ring substituents is 1. The SMILES string of the molecule is O=C(CSc1nc2ccccc2nc1N1CCCC1)N1CCN(c2ccc([N+](=O)[O-])cc2)CC1. The largest absolute Gasteiger partial charge is 0.368 e. The van der Waals surface area contributed by atoms with E-state index in [2.05, 4.69) is 9.80 Å². The zero-order valence-electron chi connectivity index (χ0n) is 18.8. The molecule has 0 spiro atoms. The second-order valence-corrected chi connectivity index (χ2v) is 9.43. The first kappa shape index (κ1) is 22.4. The summed E-state index contributed by atoms with van der Waals surface area (Å²) in [6, 6.07) is 14.4. The van der Waals surface area contributed by atoms with Crippen molar-refractivity contribution in [3.63, 3.8) is 0 Å². The molecule has 2 fully saturated rings. The molecule has 2 aromatic carbocycles. The fourth-order valence-electron chi connectivity index (χ4n) is 4.43. The number of carbonyl (C=O) groups is 1. The minimum absolute atomic E-state index is 0.0830. The van der Waals surface area contributed by atoms with Crippen LogP contribution in [0.3, 0.4) is 0 Å². The number of amides is 1. The Balaban J connectivity index is 1.22. The van der Waals surface area contributed by atoms with E-state index in [1.807, 2.05) is 29.2 Å². The number of hydrogen-bond donors (Lipinski definition) is 0. The lowest BCUT2D eigenvalue weighted by molar-refractivity contribution is -0.384. The Morgan fingerprint density at radius 2 is 1.53 bits per heavy atom. The zero-order chi connectivity index (χ0) is 23.5. The van der Waals surface area contributed by atoms with Crippen molar-refractivity contribution >= 4 is 45.9 Å². The van der Waals surface area contributed by atoms with Crippen LogP contribution in [-0.2, 0) is 4.79 Å². The summed E-state index contributed by atoms with van der Waals surface area (Å²) >= 11 is 1.47. The highest BCUT2D eigenvalue weighted by atomic mass is 32.2.